The molecule has 4 unspecified atom stereocenters. The molecule has 5 heteroatoms. The van der Waals surface area contributed by atoms with Gasteiger partial charge in [-0.2, -0.15) is 0 Å². The molecule has 0 aromatic heterocycles. The molecule has 0 aromatic carbocycles. The Bertz CT molecular complexity index is 208. The first-order valence-electron chi connectivity index (χ1n) is 5.52. The lowest BCUT2D eigenvalue weighted by Crippen LogP contribution is -2.57. The van der Waals surface area contributed by atoms with Crippen molar-refractivity contribution in [3.63, 3.8) is 0 Å². The van der Waals surface area contributed by atoms with E-state index >= 15 is 0 Å². The number of ether oxygens (including phenoxy) is 2. The van der Waals surface area contributed by atoms with Crippen LogP contribution in [-0.2, 0) is 9.47 Å². The van der Waals surface area contributed by atoms with Gasteiger partial charge >= 0.3 is 0 Å². The fourth-order valence-corrected chi connectivity index (χ4v) is 2.32. The fraction of sp³-hybridized carbons (Fsp3) is 1.00. The first-order chi connectivity index (χ1) is 7.18. The summed E-state index contributed by atoms with van der Waals surface area (Å²) >= 11 is 0. The summed E-state index contributed by atoms with van der Waals surface area (Å²) in [5.74, 6) is 0. The van der Waals surface area contributed by atoms with Gasteiger partial charge in [-0.15, -0.1) is 0 Å². The van der Waals surface area contributed by atoms with Crippen LogP contribution in [-0.4, -0.2) is 66.0 Å². The summed E-state index contributed by atoms with van der Waals surface area (Å²) in [6.07, 6.45) is -1.10. The summed E-state index contributed by atoms with van der Waals surface area (Å²) in [5.41, 5.74) is 0. The number of aliphatic hydroxyl groups excluding tert-OH is 2. The Balaban J connectivity index is 1.98. The minimum Gasteiger partial charge on any atom is -0.386 e. The highest BCUT2D eigenvalue weighted by atomic mass is 16.6. The van der Waals surface area contributed by atoms with Crippen LogP contribution in [0.1, 0.15) is 13.3 Å². The van der Waals surface area contributed by atoms with E-state index in [1.807, 2.05) is 6.92 Å². The molecule has 0 radical (unpaired) electrons. The third kappa shape index (κ3) is 2.49. The van der Waals surface area contributed by atoms with Crippen molar-refractivity contribution in [3.05, 3.63) is 0 Å². The molecule has 0 saturated carbocycles. The number of nitrogens with zero attached hydrogens (tertiary/aromatic N) is 1. The number of hydrogen-bond acceptors (Lipinski definition) is 5. The zero-order chi connectivity index (χ0) is 10.8. The molecule has 2 saturated heterocycles. The zero-order valence-electron chi connectivity index (χ0n) is 9.00. The lowest BCUT2D eigenvalue weighted by Gasteiger charge is -2.43. The Labute approximate surface area is 89.6 Å². The monoisotopic (exact) mass is 217 g/mol. The molecule has 2 aliphatic rings. The summed E-state index contributed by atoms with van der Waals surface area (Å²) in [6.45, 7) is 4.97. The van der Waals surface area contributed by atoms with Crippen LogP contribution in [0.2, 0.25) is 0 Å². The van der Waals surface area contributed by atoms with Crippen molar-refractivity contribution in [2.24, 2.45) is 0 Å². The lowest BCUT2D eigenvalue weighted by molar-refractivity contribution is -0.236. The highest BCUT2D eigenvalue weighted by molar-refractivity contribution is 4.87. The van der Waals surface area contributed by atoms with Crippen molar-refractivity contribution < 1.29 is 19.7 Å². The Morgan fingerprint density at radius 2 is 1.87 bits per heavy atom. The highest BCUT2D eigenvalue weighted by Crippen LogP contribution is 2.23. The van der Waals surface area contributed by atoms with Crippen LogP contribution >= 0.6 is 0 Å². The van der Waals surface area contributed by atoms with Gasteiger partial charge in [-0.05, 0) is 13.3 Å². The topological polar surface area (TPSA) is 62.2 Å². The molecule has 2 fully saturated rings. The molecule has 2 N–H and O–H groups in total. The number of morpholine rings is 1. The second-order valence-electron chi connectivity index (χ2n) is 4.28. The van der Waals surface area contributed by atoms with Crippen LogP contribution < -0.4 is 0 Å². The van der Waals surface area contributed by atoms with Crippen LogP contribution in [0.5, 0.6) is 0 Å². The second kappa shape index (κ2) is 4.76. The minimum atomic E-state index is -1.05. The van der Waals surface area contributed by atoms with Gasteiger partial charge < -0.3 is 19.7 Å². The van der Waals surface area contributed by atoms with Crippen molar-refractivity contribution in [2.45, 2.75) is 37.9 Å². The van der Waals surface area contributed by atoms with E-state index in [0.29, 0.717) is 13.2 Å². The van der Waals surface area contributed by atoms with Gasteiger partial charge in [0.25, 0.3) is 0 Å². The quantitative estimate of drug-likeness (QED) is 0.600. The number of hydrogen-bond donors (Lipinski definition) is 2. The molecule has 0 amide bonds. The average molecular weight is 217 g/mol. The van der Waals surface area contributed by atoms with E-state index in [1.165, 1.54) is 0 Å². The van der Waals surface area contributed by atoms with Crippen LogP contribution in [0.3, 0.4) is 0 Å². The summed E-state index contributed by atoms with van der Waals surface area (Å²) in [7, 11) is 0. The predicted molar refractivity (Wildman–Crippen MR) is 53.4 cm³/mol. The van der Waals surface area contributed by atoms with Gasteiger partial charge in [0.15, 0.2) is 6.29 Å². The molecule has 4 atom stereocenters. The molecular formula is C10H19NO4. The van der Waals surface area contributed by atoms with Crippen LogP contribution in [0.15, 0.2) is 0 Å². The molecule has 0 spiro atoms. The van der Waals surface area contributed by atoms with Crippen molar-refractivity contribution in [1.82, 2.24) is 4.90 Å². The molecule has 0 aliphatic carbocycles. The molecule has 2 heterocycles. The third-order valence-electron chi connectivity index (χ3n) is 3.15. The second-order valence-corrected chi connectivity index (χ2v) is 4.28. The van der Waals surface area contributed by atoms with Gasteiger partial charge in [-0.1, -0.05) is 0 Å². The molecule has 5 nitrogen and oxygen atoms in total. The Morgan fingerprint density at radius 1 is 1.20 bits per heavy atom. The van der Waals surface area contributed by atoms with E-state index in [-0.39, 0.29) is 12.1 Å². The molecule has 15 heavy (non-hydrogen) atoms. The first kappa shape index (κ1) is 11.3. The molecule has 88 valence electrons. The molecule has 2 aliphatic heterocycles. The largest absolute Gasteiger partial charge is 0.386 e. The average Bonchev–Trinajstić information content (AvgIpc) is 2.24. The summed E-state index contributed by atoms with van der Waals surface area (Å²) in [6, 6.07) is -0.00681. The zero-order valence-corrected chi connectivity index (χ0v) is 9.00. The highest BCUT2D eigenvalue weighted by Gasteiger charge is 2.38. The summed E-state index contributed by atoms with van der Waals surface area (Å²) < 4.78 is 10.4. The molecule has 0 bridgehead atoms. The van der Waals surface area contributed by atoms with Crippen molar-refractivity contribution >= 4 is 0 Å². The Morgan fingerprint density at radius 3 is 2.53 bits per heavy atom. The van der Waals surface area contributed by atoms with Crippen LogP contribution in [0.4, 0.5) is 0 Å². The van der Waals surface area contributed by atoms with E-state index in [1.54, 1.807) is 0 Å². The Hall–Kier alpha value is -0.200. The van der Waals surface area contributed by atoms with Gasteiger partial charge in [0.05, 0.1) is 19.3 Å². The SMILES string of the molecule is CC1CC(N2CCOCC2)C(O)C(O)O1. The number of rotatable bonds is 1. The minimum absolute atomic E-state index is 0.00348. The van der Waals surface area contributed by atoms with E-state index in [4.69, 9.17) is 9.47 Å². The molecule has 2 rings (SSSR count). The number of aliphatic hydroxyl groups is 2. The smallest absolute Gasteiger partial charge is 0.182 e. The fourth-order valence-electron chi connectivity index (χ4n) is 2.32. The maximum atomic E-state index is 9.85. The Kier molecular flexibility index (Phi) is 3.58. The maximum Gasteiger partial charge on any atom is 0.182 e. The van der Waals surface area contributed by atoms with Crippen LogP contribution in [0, 0.1) is 0 Å². The van der Waals surface area contributed by atoms with Crippen molar-refractivity contribution in [3.8, 4) is 0 Å². The first-order valence-corrected chi connectivity index (χ1v) is 5.52. The molecular weight excluding hydrogens is 198 g/mol. The van der Waals surface area contributed by atoms with E-state index < -0.39 is 12.4 Å². The third-order valence-corrected chi connectivity index (χ3v) is 3.15. The maximum absolute atomic E-state index is 9.85. The van der Waals surface area contributed by atoms with E-state index in [2.05, 4.69) is 4.90 Å². The van der Waals surface area contributed by atoms with Crippen molar-refractivity contribution in [2.75, 3.05) is 26.3 Å². The van der Waals surface area contributed by atoms with Gasteiger partial charge in [-0.3, -0.25) is 4.90 Å². The standard InChI is InChI=1S/C10H19NO4/c1-7-6-8(9(12)10(13)15-7)11-2-4-14-5-3-11/h7-10,12-13H,2-6H2,1H3. The normalized spacial score (nSPS) is 44.2. The van der Waals surface area contributed by atoms with Crippen LogP contribution in [0.25, 0.3) is 0 Å². The van der Waals surface area contributed by atoms with Gasteiger partial charge in [-0.25, -0.2) is 0 Å². The molecule has 0 aromatic rings. The van der Waals surface area contributed by atoms with E-state index in [9.17, 15) is 10.2 Å². The summed E-state index contributed by atoms with van der Waals surface area (Å²) in [5, 5.41) is 19.4. The predicted octanol–water partition coefficient (Wildman–Crippen LogP) is -0.825. The van der Waals surface area contributed by atoms with Gasteiger partial charge in [0, 0.05) is 19.1 Å². The van der Waals surface area contributed by atoms with E-state index in [0.717, 1.165) is 19.5 Å². The van der Waals surface area contributed by atoms with Gasteiger partial charge in [0.1, 0.15) is 6.10 Å². The summed E-state index contributed by atoms with van der Waals surface area (Å²) in [4.78, 5) is 2.18. The lowest BCUT2D eigenvalue weighted by atomic mass is 9.98. The van der Waals surface area contributed by atoms with Gasteiger partial charge in [0.2, 0.25) is 0 Å². The van der Waals surface area contributed by atoms with Crippen molar-refractivity contribution in [1.29, 1.82) is 0 Å².